The fourth-order valence-corrected chi connectivity index (χ4v) is 2.22. The average Bonchev–Trinajstić information content (AvgIpc) is 2.53. The highest BCUT2D eigenvalue weighted by Crippen LogP contribution is 2.37. The Morgan fingerprint density at radius 1 is 1.50 bits per heavy atom. The molecule has 3 N–H and O–H groups in total. The topological polar surface area (TPSA) is 96.2 Å². The summed E-state index contributed by atoms with van der Waals surface area (Å²) in [5.41, 5.74) is 0. The quantitative estimate of drug-likeness (QED) is 0.347. The lowest BCUT2D eigenvalue weighted by Gasteiger charge is -2.18. The molecule has 0 bridgehead atoms. The molecule has 0 aliphatic carbocycles. The van der Waals surface area contributed by atoms with E-state index in [2.05, 4.69) is 0 Å². The first-order valence-electron chi connectivity index (χ1n) is 6.05. The average molecular weight is 278 g/mol. The van der Waals surface area contributed by atoms with Gasteiger partial charge in [0.1, 0.15) is 26.2 Å². The standard InChI is InChI=1S/C10H20BO6P/c1-2-3-5-16-9-8(12)7(17-10(9)11)4-6-18(13,14)15/h4,6-10,12H,2-3,5,11H2,1H3,(H2,13,14,15)/b6-4+/t7-,8+,9?,10-/m1/s1. The van der Waals surface area contributed by atoms with E-state index in [1.165, 1.54) is 6.08 Å². The predicted octanol–water partition coefficient (Wildman–Crippen LogP) is -0.418. The van der Waals surface area contributed by atoms with Gasteiger partial charge in [-0.3, -0.25) is 4.57 Å². The molecule has 1 aliphatic rings. The monoisotopic (exact) mass is 278 g/mol. The highest BCUT2D eigenvalue weighted by atomic mass is 31.2. The minimum Gasteiger partial charge on any atom is -0.387 e. The Morgan fingerprint density at radius 3 is 2.72 bits per heavy atom. The molecule has 1 fully saturated rings. The van der Waals surface area contributed by atoms with Crippen molar-refractivity contribution >= 4 is 15.4 Å². The molecule has 1 saturated heterocycles. The van der Waals surface area contributed by atoms with E-state index in [1.54, 1.807) is 7.85 Å². The third-order valence-corrected chi connectivity index (χ3v) is 3.35. The van der Waals surface area contributed by atoms with E-state index >= 15 is 0 Å². The van der Waals surface area contributed by atoms with Crippen molar-refractivity contribution in [2.75, 3.05) is 6.61 Å². The maximum Gasteiger partial charge on any atom is 0.348 e. The molecule has 18 heavy (non-hydrogen) atoms. The van der Waals surface area contributed by atoms with Gasteiger partial charge in [-0.05, 0) is 12.5 Å². The number of hydrogen-bond acceptors (Lipinski definition) is 4. The van der Waals surface area contributed by atoms with Crippen molar-refractivity contribution < 1.29 is 28.9 Å². The van der Waals surface area contributed by atoms with E-state index < -0.39 is 25.9 Å². The van der Waals surface area contributed by atoms with Crippen LogP contribution >= 0.6 is 7.60 Å². The van der Waals surface area contributed by atoms with Gasteiger partial charge in [0.15, 0.2) is 0 Å². The minimum absolute atomic E-state index is 0.303. The first-order chi connectivity index (χ1) is 8.35. The molecular weight excluding hydrogens is 258 g/mol. The van der Waals surface area contributed by atoms with Crippen LogP contribution in [0.15, 0.2) is 11.9 Å². The van der Waals surface area contributed by atoms with Gasteiger partial charge in [0.2, 0.25) is 0 Å². The third-order valence-electron chi connectivity index (χ3n) is 2.79. The van der Waals surface area contributed by atoms with Gasteiger partial charge in [-0.1, -0.05) is 13.3 Å². The van der Waals surface area contributed by atoms with Crippen LogP contribution in [0.1, 0.15) is 19.8 Å². The first-order valence-corrected chi connectivity index (χ1v) is 7.73. The number of aliphatic hydroxyl groups excluding tert-OH is 1. The van der Waals surface area contributed by atoms with E-state index in [0.29, 0.717) is 6.61 Å². The summed E-state index contributed by atoms with van der Waals surface area (Å²) < 4.78 is 21.6. The summed E-state index contributed by atoms with van der Waals surface area (Å²) in [6, 6.07) is -0.303. The van der Waals surface area contributed by atoms with Crippen molar-refractivity contribution in [3.63, 3.8) is 0 Å². The molecule has 0 spiro atoms. The van der Waals surface area contributed by atoms with Gasteiger partial charge in [-0.15, -0.1) is 0 Å². The molecule has 0 aromatic carbocycles. The molecule has 4 atom stereocenters. The fraction of sp³-hybridized carbons (Fsp3) is 0.800. The minimum atomic E-state index is -4.22. The second-order valence-corrected chi connectivity index (χ2v) is 5.89. The Kier molecular flexibility index (Phi) is 6.04. The number of unbranched alkanes of at least 4 members (excludes halogenated alkanes) is 1. The Balaban J connectivity index is 2.55. The summed E-state index contributed by atoms with van der Waals surface area (Å²) in [4.78, 5) is 17.5. The van der Waals surface area contributed by atoms with Crippen LogP contribution in [0.3, 0.4) is 0 Å². The lowest BCUT2D eigenvalue weighted by atomic mass is 9.93. The Bertz CT molecular complexity index is 330. The molecule has 1 unspecified atom stereocenters. The van der Waals surface area contributed by atoms with Gasteiger partial charge in [0.25, 0.3) is 0 Å². The second-order valence-electron chi connectivity index (χ2n) is 4.42. The van der Waals surface area contributed by atoms with Crippen molar-refractivity contribution in [1.29, 1.82) is 0 Å². The molecule has 6 nitrogen and oxygen atoms in total. The molecule has 1 aliphatic heterocycles. The van der Waals surface area contributed by atoms with E-state index in [9.17, 15) is 9.67 Å². The molecule has 0 aromatic rings. The van der Waals surface area contributed by atoms with Crippen LogP contribution in [0, 0.1) is 0 Å². The Hall–Kier alpha value is -0.165. The summed E-state index contributed by atoms with van der Waals surface area (Å²) in [6.45, 7) is 2.58. The zero-order valence-electron chi connectivity index (χ0n) is 10.6. The van der Waals surface area contributed by atoms with E-state index in [1.807, 2.05) is 6.92 Å². The predicted molar refractivity (Wildman–Crippen MR) is 69.0 cm³/mol. The molecule has 0 aromatic heterocycles. The number of rotatable bonds is 6. The first kappa shape index (κ1) is 15.9. The number of aliphatic hydroxyl groups is 1. The smallest absolute Gasteiger partial charge is 0.348 e. The molecule has 1 rings (SSSR count). The van der Waals surface area contributed by atoms with Gasteiger partial charge >= 0.3 is 7.60 Å². The van der Waals surface area contributed by atoms with Gasteiger partial charge in [-0.25, -0.2) is 0 Å². The van der Waals surface area contributed by atoms with Crippen LogP contribution in [0.25, 0.3) is 0 Å². The number of ether oxygens (including phenoxy) is 2. The van der Waals surface area contributed by atoms with E-state index in [0.717, 1.165) is 18.7 Å². The van der Waals surface area contributed by atoms with Crippen molar-refractivity contribution in [2.24, 2.45) is 0 Å². The SMILES string of the molecule is B[C@@H]1O[C@H](/C=C/P(=O)(O)O)[C@H](O)C1OCCCC. The van der Waals surface area contributed by atoms with Gasteiger partial charge < -0.3 is 24.4 Å². The second kappa shape index (κ2) is 6.84. The molecular formula is C10H20BO6P. The highest BCUT2D eigenvalue weighted by molar-refractivity contribution is 7.55. The van der Waals surface area contributed by atoms with E-state index in [4.69, 9.17) is 19.3 Å². The molecule has 0 amide bonds. The van der Waals surface area contributed by atoms with Crippen LogP contribution in [0.2, 0.25) is 0 Å². The maximum atomic E-state index is 10.7. The van der Waals surface area contributed by atoms with Gasteiger partial charge in [-0.2, -0.15) is 0 Å². The lowest BCUT2D eigenvalue weighted by Crippen LogP contribution is -2.35. The largest absolute Gasteiger partial charge is 0.387 e. The van der Waals surface area contributed by atoms with Crippen LogP contribution in [0.5, 0.6) is 0 Å². The Morgan fingerprint density at radius 2 is 2.17 bits per heavy atom. The molecule has 0 saturated carbocycles. The fourth-order valence-electron chi connectivity index (χ4n) is 1.82. The molecule has 0 radical (unpaired) electrons. The molecule has 1 heterocycles. The third kappa shape index (κ3) is 4.84. The summed E-state index contributed by atoms with van der Waals surface area (Å²) in [6.07, 6.45) is 1.01. The van der Waals surface area contributed by atoms with Gasteiger partial charge in [0, 0.05) is 12.4 Å². The summed E-state index contributed by atoms with van der Waals surface area (Å²) in [7, 11) is -2.45. The van der Waals surface area contributed by atoms with Crippen LogP contribution in [-0.2, 0) is 14.0 Å². The van der Waals surface area contributed by atoms with Crippen molar-refractivity contribution in [2.45, 2.75) is 44.1 Å². The number of hydrogen-bond donors (Lipinski definition) is 3. The van der Waals surface area contributed by atoms with E-state index in [-0.39, 0.29) is 6.00 Å². The zero-order valence-corrected chi connectivity index (χ0v) is 11.5. The van der Waals surface area contributed by atoms with Crippen molar-refractivity contribution in [1.82, 2.24) is 0 Å². The lowest BCUT2D eigenvalue weighted by molar-refractivity contribution is -0.0203. The van der Waals surface area contributed by atoms with Crippen LogP contribution in [0.4, 0.5) is 0 Å². The molecule has 104 valence electrons. The van der Waals surface area contributed by atoms with Gasteiger partial charge in [0.05, 0.1) is 6.00 Å². The zero-order chi connectivity index (χ0) is 13.8. The van der Waals surface area contributed by atoms with Crippen LogP contribution in [-0.4, -0.2) is 53.7 Å². The van der Waals surface area contributed by atoms with Crippen LogP contribution < -0.4 is 0 Å². The maximum absolute atomic E-state index is 10.7. The normalized spacial score (nSPS) is 33.3. The van der Waals surface area contributed by atoms with Crippen molar-refractivity contribution in [3.05, 3.63) is 11.9 Å². The summed E-state index contributed by atoms with van der Waals surface area (Å²) >= 11 is 0. The molecule has 8 heteroatoms. The summed E-state index contributed by atoms with van der Waals surface area (Å²) in [5, 5.41) is 9.96. The van der Waals surface area contributed by atoms with Crippen molar-refractivity contribution in [3.8, 4) is 0 Å². The Labute approximate surface area is 108 Å². The summed E-state index contributed by atoms with van der Waals surface area (Å²) in [5.74, 6) is 0.752. The highest BCUT2D eigenvalue weighted by Gasteiger charge is 2.40.